The van der Waals surface area contributed by atoms with Gasteiger partial charge < -0.3 is 9.32 Å². The molecule has 0 spiro atoms. The van der Waals surface area contributed by atoms with Crippen molar-refractivity contribution in [1.29, 1.82) is 0 Å². The smallest absolute Gasteiger partial charge is 0.220 e. The molecule has 0 saturated heterocycles. The van der Waals surface area contributed by atoms with Crippen LogP contribution in [0.15, 0.2) is 144 Å². The summed E-state index contributed by atoms with van der Waals surface area (Å²) >= 11 is 0. The molecule has 1 aliphatic heterocycles. The van der Waals surface area contributed by atoms with E-state index in [-0.39, 0.29) is 0 Å². The third kappa shape index (κ3) is 3.48. The SMILES string of the molecule is C=C1/C(n2c3ccccc3n3c4ccccc4nc23)=C\C=C/CN(c2ccc3oc4ccccc4c3c2)c2ccccc21. The highest BCUT2D eigenvalue weighted by molar-refractivity contribution is 6.08. The number of hydrogen-bond donors (Lipinski definition) is 0. The molecule has 0 unspecified atom stereocenters. The molecule has 4 heterocycles. The van der Waals surface area contributed by atoms with E-state index in [0.717, 1.165) is 78.0 Å². The molecular formula is C38H26N4O. The first-order valence-corrected chi connectivity index (χ1v) is 14.5. The van der Waals surface area contributed by atoms with Crippen LogP contribution in [0, 0.1) is 0 Å². The number of aromatic nitrogens is 3. The van der Waals surface area contributed by atoms with Crippen LogP contribution in [-0.2, 0) is 0 Å². The summed E-state index contributed by atoms with van der Waals surface area (Å²) in [5.41, 5.74) is 11.2. The van der Waals surface area contributed by atoms with Crippen molar-refractivity contribution in [2.75, 3.05) is 11.4 Å². The van der Waals surface area contributed by atoms with E-state index >= 15 is 0 Å². The first kappa shape index (κ1) is 23.9. The van der Waals surface area contributed by atoms with Crippen molar-refractivity contribution in [2.24, 2.45) is 0 Å². The lowest BCUT2D eigenvalue weighted by Crippen LogP contribution is -2.18. The summed E-state index contributed by atoms with van der Waals surface area (Å²) < 4.78 is 10.6. The van der Waals surface area contributed by atoms with E-state index in [0.29, 0.717) is 6.54 Å². The number of rotatable bonds is 2. The molecule has 5 heteroatoms. The fraction of sp³-hybridized carbons (Fsp3) is 0.0263. The summed E-state index contributed by atoms with van der Waals surface area (Å²) in [6.45, 7) is 5.41. The highest BCUT2D eigenvalue weighted by Gasteiger charge is 2.23. The minimum Gasteiger partial charge on any atom is -0.456 e. The molecule has 0 amide bonds. The van der Waals surface area contributed by atoms with Gasteiger partial charge in [0.2, 0.25) is 5.78 Å². The highest BCUT2D eigenvalue weighted by Crippen LogP contribution is 2.41. The van der Waals surface area contributed by atoms with Crippen molar-refractivity contribution < 1.29 is 4.42 Å². The zero-order valence-corrected chi connectivity index (χ0v) is 23.3. The van der Waals surface area contributed by atoms with E-state index in [4.69, 9.17) is 16.0 Å². The molecule has 3 aromatic heterocycles. The predicted octanol–water partition coefficient (Wildman–Crippen LogP) is 9.60. The van der Waals surface area contributed by atoms with Gasteiger partial charge in [0, 0.05) is 39.8 Å². The summed E-state index contributed by atoms with van der Waals surface area (Å²) in [6.07, 6.45) is 6.51. The second kappa shape index (κ2) is 9.10. The number of fused-ring (bicyclic) bond motifs is 9. The third-order valence-electron chi connectivity index (χ3n) is 8.53. The molecule has 0 aliphatic carbocycles. The zero-order chi connectivity index (χ0) is 28.5. The Morgan fingerprint density at radius 1 is 0.698 bits per heavy atom. The van der Waals surface area contributed by atoms with Crippen LogP contribution < -0.4 is 4.90 Å². The van der Waals surface area contributed by atoms with Crippen LogP contribution in [0.5, 0.6) is 0 Å². The van der Waals surface area contributed by atoms with Crippen molar-refractivity contribution in [3.63, 3.8) is 0 Å². The van der Waals surface area contributed by atoms with E-state index in [2.05, 4.69) is 129 Å². The van der Waals surface area contributed by atoms with Crippen LogP contribution in [0.25, 0.3) is 61.1 Å². The monoisotopic (exact) mass is 554 g/mol. The van der Waals surface area contributed by atoms with Gasteiger partial charge in [-0.1, -0.05) is 79.4 Å². The zero-order valence-electron chi connectivity index (χ0n) is 23.3. The average molecular weight is 555 g/mol. The number of anilines is 2. The van der Waals surface area contributed by atoms with Crippen molar-refractivity contribution in [2.45, 2.75) is 0 Å². The predicted molar refractivity (Wildman–Crippen MR) is 178 cm³/mol. The molecular weight excluding hydrogens is 528 g/mol. The van der Waals surface area contributed by atoms with Crippen molar-refractivity contribution in [3.05, 3.63) is 146 Å². The second-order valence-electron chi connectivity index (χ2n) is 10.9. The van der Waals surface area contributed by atoms with E-state index in [9.17, 15) is 0 Å². The molecule has 0 N–H and O–H groups in total. The Balaban J connectivity index is 1.24. The maximum atomic E-state index is 6.13. The highest BCUT2D eigenvalue weighted by atomic mass is 16.3. The van der Waals surface area contributed by atoms with Crippen LogP contribution in [0.2, 0.25) is 0 Å². The topological polar surface area (TPSA) is 38.6 Å². The molecule has 8 aromatic rings. The Labute approximate surface area is 247 Å². The quantitative estimate of drug-likeness (QED) is 0.214. The fourth-order valence-electron chi connectivity index (χ4n) is 6.55. The van der Waals surface area contributed by atoms with Crippen molar-refractivity contribution in [1.82, 2.24) is 14.0 Å². The number of imidazole rings is 2. The largest absolute Gasteiger partial charge is 0.456 e. The number of benzene rings is 5. The van der Waals surface area contributed by atoms with Crippen LogP contribution in [-0.4, -0.2) is 20.5 Å². The van der Waals surface area contributed by atoms with Gasteiger partial charge in [0.25, 0.3) is 0 Å². The minimum absolute atomic E-state index is 0.699. The summed E-state index contributed by atoms with van der Waals surface area (Å²) in [5.74, 6) is 0.870. The van der Waals surface area contributed by atoms with Crippen LogP contribution in [0.3, 0.4) is 0 Å². The molecule has 43 heavy (non-hydrogen) atoms. The Morgan fingerprint density at radius 3 is 2.37 bits per heavy atom. The Kier molecular flexibility index (Phi) is 5.05. The fourth-order valence-corrected chi connectivity index (χ4v) is 6.55. The maximum absolute atomic E-state index is 6.13. The van der Waals surface area contributed by atoms with E-state index in [1.807, 2.05) is 18.2 Å². The first-order chi connectivity index (χ1) is 21.3. The van der Waals surface area contributed by atoms with Gasteiger partial charge in [0.05, 0.1) is 27.8 Å². The lowest BCUT2D eigenvalue weighted by atomic mass is 10.0. The van der Waals surface area contributed by atoms with Crippen LogP contribution in [0.4, 0.5) is 11.4 Å². The second-order valence-corrected chi connectivity index (χ2v) is 10.9. The molecule has 0 radical (unpaired) electrons. The van der Waals surface area contributed by atoms with E-state index in [1.54, 1.807) is 0 Å². The van der Waals surface area contributed by atoms with Crippen LogP contribution in [0.1, 0.15) is 5.56 Å². The summed E-state index contributed by atoms with van der Waals surface area (Å²) in [7, 11) is 0. The van der Waals surface area contributed by atoms with Gasteiger partial charge in [0.15, 0.2) is 0 Å². The first-order valence-electron chi connectivity index (χ1n) is 14.5. The van der Waals surface area contributed by atoms with Gasteiger partial charge in [-0.05, 0) is 60.7 Å². The lowest BCUT2D eigenvalue weighted by molar-refractivity contribution is 0.669. The van der Waals surface area contributed by atoms with Crippen LogP contribution >= 0.6 is 0 Å². The van der Waals surface area contributed by atoms with E-state index < -0.39 is 0 Å². The average Bonchev–Trinajstić information content (AvgIpc) is 3.72. The molecule has 204 valence electrons. The summed E-state index contributed by atoms with van der Waals surface area (Å²) in [6, 6.07) is 40.0. The molecule has 0 bridgehead atoms. The van der Waals surface area contributed by atoms with Gasteiger partial charge in [-0.2, -0.15) is 0 Å². The molecule has 0 fully saturated rings. The van der Waals surface area contributed by atoms with Gasteiger partial charge in [0.1, 0.15) is 11.2 Å². The van der Waals surface area contributed by atoms with E-state index in [1.165, 1.54) is 0 Å². The maximum Gasteiger partial charge on any atom is 0.220 e. The number of nitrogens with zero attached hydrogens (tertiary/aromatic N) is 4. The Bertz CT molecular complexity index is 2470. The number of para-hydroxylation sites is 6. The summed E-state index contributed by atoms with van der Waals surface area (Å²) in [4.78, 5) is 7.46. The molecule has 5 aromatic carbocycles. The summed E-state index contributed by atoms with van der Waals surface area (Å²) in [5, 5.41) is 2.23. The van der Waals surface area contributed by atoms with Gasteiger partial charge >= 0.3 is 0 Å². The third-order valence-corrected chi connectivity index (χ3v) is 8.53. The lowest BCUT2D eigenvalue weighted by Gasteiger charge is -2.27. The number of allylic oxidation sites excluding steroid dienone is 4. The standard InChI is InChI=1S/C38H26N4O/c1-25-27-12-2-5-16-32(27)40(26-21-22-37-29(24-26)28-13-3-9-20-36(28)43-37)23-11-10-15-31(25)41-34-18-7-8-19-35(34)42-33-17-6-4-14-30(33)39-38(41)42/h2-22,24H,1,23H2/b11-10-,31-15+. The normalized spacial score (nSPS) is 16.0. The van der Waals surface area contributed by atoms with Gasteiger partial charge in [-0.25, -0.2) is 4.98 Å². The molecule has 9 rings (SSSR count). The molecule has 0 atom stereocenters. The Morgan fingerprint density at radius 2 is 1.44 bits per heavy atom. The molecule has 1 aliphatic rings. The van der Waals surface area contributed by atoms with Crippen molar-refractivity contribution in [3.8, 4) is 0 Å². The molecule has 5 nitrogen and oxygen atoms in total. The Hall–Kier alpha value is -5.81. The number of furan rings is 1. The van der Waals surface area contributed by atoms with Crippen molar-refractivity contribution >= 4 is 72.4 Å². The number of hydrogen-bond acceptors (Lipinski definition) is 3. The molecule has 0 saturated carbocycles. The van der Waals surface area contributed by atoms with Gasteiger partial charge in [-0.3, -0.25) is 8.97 Å². The minimum atomic E-state index is 0.699. The van der Waals surface area contributed by atoms with Gasteiger partial charge in [-0.15, -0.1) is 0 Å².